The fourth-order valence-corrected chi connectivity index (χ4v) is 2.06. The number of aliphatic hydroxyl groups excluding tert-OH is 2. The maximum absolute atomic E-state index is 12.0. The first-order chi connectivity index (χ1) is 11.5. The molecule has 0 fully saturated rings. The minimum absolute atomic E-state index is 0.336. The molecule has 24 heavy (non-hydrogen) atoms. The average molecular weight is 332 g/mol. The summed E-state index contributed by atoms with van der Waals surface area (Å²) >= 11 is 0. The number of hydrogen-bond donors (Lipinski definition) is 4. The molecule has 0 aliphatic carbocycles. The van der Waals surface area contributed by atoms with Gasteiger partial charge in [-0.3, -0.25) is 14.3 Å². The molecule has 0 aliphatic rings. The normalized spacial score (nSPS) is 12.2. The average Bonchev–Trinajstić information content (AvgIpc) is 3.08. The Labute approximate surface area is 138 Å². The van der Waals surface area contributed by atoms with E-state index in [1.54, 1.807) is 43.6 Å². The molecule has 0 spiro atoms. The van der Waals surface area contributed by atoms with Gasteiger partial charge >= 0.3 is 0 Å². The molecule has 1 heterocycles. The SMILES string of the molecule is C[C@H](C(N)=O)n1cc(-c2ccc(C(=O)NC(CO)CO)cc2)cn1. The fourth-order valence-electron chi connectivity index (χ4n) is 2.06. The first-order valence-electron chi connectivity index (χ1n) is 7.42. The second kappa shape index (κ2) is 7.71. The molecule has 8 heteroatoms. The van der Waals surface area contributed by atoms with Crippen molar-refractivity contribution in [3.8, 4) is 11.1 Å². The van der Waals surface area contributed by atoms with Crippen molar-refractivity contribution < 1.29 is 19.8 Å². The van der Waals surface area contributed by atoms with E-state index >= 15 is 0 Å². The lowest BCUT2D eigenvalue weighted by molar-refractivity contribution is -0.120. The Morgan fingerprint density at radius 3 is 2.38 bits per heavy atom. The molecule has 2 aromatic rings. The number of aromatic nitrogens is 2. The second-order valence-corrected chi connectivity index (χ2v) is 5.40. The predicted octanol–water partition coefficient (Wildman–Crippen LogP) is -0.321. The van der Waals surface area contributed by atoms with Crippen molar-refractivity contribution >= 4 is 11.8 Å². The highest BCUT2D eigenvalue weighted by atomic mass is 16.3. The molecule has 1 aromatic heterocycles. The van der Waals surface area contributed by atoms with Gasteiger partial charge < -0.3 is 21.3 Å². The third-order valence-corrected chi connectivity index (χ3v) is 3.67. The van der Waals surface area contributed by atoms with Crippen molar-refractivity contribution in [1.29, 1.82) is 0 Å². The van der Waals surface area contributed by atoms with Crippen molar-refractivity contribution in [2.45, 2.75) is 19.0 Å². The highest BCUT2D eigenvalue weighted by Crippen LogP contribution is 2.20. The smallest absolute Gasteiger partial charge is 0.251 e. The summed E-state index contributed by atoms with van der Waals surface area (Å²) in [7, 11) is 0. The Bertz CT molecular complexity index is 707. The third kappa shape index (κ3) is 3.98. The second-order valence-electron chi connectivity index (χ2n) is 5.40. The Morgan fingerprint density at radius 2 is 1.83 bits per heavy atom. The molecule has 128 valence electrons. The maximum Gasteiger partial charge on any atom is 0.251 e. The molecule has 5 N–H and O–H groups in total. The van der Waals surface area contributed by atoms with Gasteiger partial charge in [-0.15, -0.1) is 0 Å². The van der Waals surface area contributed by atoms with Crippen LogP contribution in [0.2, 0.25) is 0 Å². The van der Waals surface area contributed by atoms with Gasteiger partial charge in [0, 0.05) is 17.3 Å². The molecule has 2 rings (SSSR count). The third-order valence-electron chi connectivity index (χ3n) is 3.67. The number of carbonyl (C=O) groups excluding carboxylic acids is 2. The molecule has 0 radical (unpaired) electrons. The first kappa shape index (κ1) is 17.6. The van der Waals surface area contributed by atoms with Gasteiger partial charge in [-0.25, -0.2) is 0 Å². The summed E-state index contributed by atoms with van der Waals surface area (Å²) in [6, 6.07) is 5.52. The monoisotopic (exact) mass is 332 g/mol. The van der Waals surface area contributed by atoms with Crippen LogP contribution < -0.4 is 11.1 Å². The van der Waals surface area contributed by atoms with E-state index < -0.39 is 18.0 Å². The summed E-state index contributed by atoms with van der Waals surface area (Å²) in [5.74, 6) is -0.855. The Balaban J connectivity index is 2.12. The first-order valence-corrected chi connectivity index (χ1v) is 7.42. The molecule has 0 unspecified atom stereocenters. The number of amides is 2. The van der Waals surface area contributed by atoms with Crippen LogP contribution in [0.4, 0.5) is 0 Å². The van der Waals surface area contributed by atoms with E-state index in [0.717, 1.165) is 11.1 Å². The van der Waals surface area contributed by atoms with Crippen LogP contribution >= 0.6 is 0 Å². The van der Waals surface area contributed by atoms with Gasteiger partial charge in [-0.05, 0) is 24.6 Å². The van der Waals surface area contributed by atoms with Gasteiger partial charge in [0.2, 0.25) is 5.91 Å². The van der Waals surface area contributed by atoms with Crippen molar-refractivity contribution in [1.82, 2.24) is 15.1 Å². The molecule has 0 bridgehead atoms. The molecule has 1 aromatic carbocycles. The van der Waals surface area contributed by atoms with Crippen LogP contribution in [0.5, 0.6) is 0 Å². The molecule has 2 amide bonds. The van der Waals surface area contributed by atoms with Gasteiger partial charge in [0.15, 0.2) is 0 Å². The number of carbonyl (C=O) groups is 2. The number of rotatable bonds is 7. The zero-order chi connectivity index (χ0) is 17.7. The predicted molar refractivity (Wildman–Crippen MR) is 87.0 cm³/mol. The van der Waals surface area contributed by atoms with Gasteiger partial charge in [-0.2, -0.15) is 5.10 Å². The lowest BCUT2D eigenvalue weighted by Gasteiger charge is -2.13. The number of benzene rings is 1. The topological polar surface area (TPSA) is 130 Å². The van der Waals surface area contributed by atoms with Crippen molar-refractivity contribution in [2.24, 2.45) is 5.73 Å². The molecular weight excluding hydrogens is 312 g/mol. The zero-order valence-electron chi connectivity index (χ0n) is 13.2. The van der Waals surface area contributed by atoms with E-state index in [0.29, 0.717) is 5.56 Å². The van der Waals surface area contributed by atoms with E-state index in [1.807, 2.05) is 0 Å². The van der Waals surface area contributed by atoms with E-state index in [9.17, 15) is 9.59 Å². The van der Waals surface area contributed by atoms with Crippen LogP contribution in [0.3, 0.4) is 0 Å². The number of hydrogen-bond acceptors (Lipinski definition) is 5. The zero-order valence-corrected chi connectivity index (χ0v) is 13.2. The lowest BCUT2D eigenvalue weighted by Crippen LogP contribution is -2.40. The number of primary amides is 1. The fraction of sp³-hybridized carbons (Fsp3) is 0.312. The summed E-state index contributed by atoms with van der Waals surface area (Å²) in [6.07, 6.45) is 3.32. The van der Waals surface area contributed by atoms with E-state index in [-0.39, 0.29) is 19.1 Å². The molecule has 0 aliphatic heterocycles. The number of aliphatic hydroxyl groups is 2. The molecule has 8 nitrogen and oxygen atoms in total. The lowest BCUT2D eigenvalue weighted by atomic mass is 10.1. The van der Waals surface area contributed by atoms with Crippen LogP contribution in [0.1, 0.15) is 23.3 Å². The van der Waals surface area contributed by atoms with Gasteiger partial charge in [0.05, 0.1) is 25.5 Å². The molecule has 1 atom stereocenters. The number of nitrogens with two attached hydrogens (primary N) is 1. The Kier molecular flexibility index (Phi) is 5.67. The molecular formula is C16H20N4O4. The maximum atomic E-state index is 12.0. The number of nitrogens with one attached hydrogen (secondary N) is 1. The van der Waals surface area contributed by atoms with Crippen LogP contribution in [0, 0.1) is 0 Å². The summed E-state index contributed by atoms with van der Waals surface area (Å²) in [4.78, 5) is 23.2. The summed E-state index contributed by atoms with van der Waals surface area (Å²) < 4.78 is 1.48. The van der Waals surface area contributed by atoms with E-state index in [4.69, 9.17) is 15.9 Å². The quantitative estimate of drug-likeness (QED) is 0.552. The van der Waals surface area contributed by atoms with Crippen molar-refractivity contribution in [2.75, 3.05) is 13.2 Å². The van der Waals surface area contributed by atoms with Crippen LogP contribution in [0.25, 0.3) is 11.1 Å². The summed E-state index contributed by atoms with van der Waals surface area (Å²) in [5, 5.41) is 24.6. The Morgan fingerprint density at radius 1 is 1.21 bits per heavy atom. The van der Waals surface area contributed by atoms with Crippen LogP contribution in [-0.4, -0.2) is 51.1 Å². The summed E-state index contributed by atoms with van der Waals surface area (Å²) in [5.41, 5.74) is 7.28. The van der Waals surface area contributed by atoms with Crippen LogP contribution in [-0.2, 0) is 4.79 Å². The minimum atomic E-state index is -0.689. The largest absolute Gasteiger partial charge is 0.394 e. The van der Waals surface area contributed by atoms with Crippen molar-refractivity contribution in [3.63, 3.8) is 0 Å². The van der Waals surface area contributed by atoms with Gasteiger partial charge in [-0.1, -0.05) is 12.1 Å². The Hall–Kier alpha value is -2.71. The van der Waals surface area contributed by atoms with E-state index in [2.05, 4.69) is 10.4 Å². The number of nitrogens with zero attached hydrogens (tertiary/aromatic N) is 2. The standard InChI is InChI=1S/C16H20N4O4/c1-10(15(17)23)20-7-13(6-18-20)11-2-4-12(5-3-11)16(24)19-14(8-21)9-22/h2-7,10,14,21-22H,8-9H2,1H3,(H2,17,23)(H,19,24)/t10-/m1/s1. The van der Waals surface area contributed by atoms with Crippen LogP contribution in [0.15, 0.2) is 36.7 Å². The highest BCUT2D eigenvalue weighted by Gasteiger charge is 2.14. The van der Waals surface area contributed by atoms with Gasteiger partial charge in [0.1, 0.15) is 6.04 Å². The molecule has 0 saturated carbocycles. The highest BCUT2D eigenvalue weighted by molar-refractivity contribution is 5.94. The minimum Gasteiger partial charge on any atom is -0.394 e. The van der Waals surface area contributed by atoms with Crippen molar-refractivity contribution in [3.05, 3.63) is 42.2 Å². The summed E-state index contributed by atoms with van der Waals surface area (Å²) in [6.45, 7) is 0.987. The van der Waals surface area contributed by atoms with Gasteiger partial charge in [0.25, 0.3) is 5.91 Å². The van der Waals surface area contributed by atoms with E-state index in [1.165, 1.54) is 4.68 Å². The molecule has 0 saturated heterocycles.